The van der Waals surface area contributed by atoms with Gasteiger partial charge in [-0.05, 0) is 67.8 Å². The van der Waals surface area contributed by atoms with E-state index in [9.17, 15) is 16.8 Å². The molecule has 1 aliphatic rings. The first kappa shape index (κ1) is 22.9. The first-order valence-corrected chi connectivity index (χ1v) is 13.5. The van der Waals surface area contributed by atoms with Gasteiger partial charge in [0.15, 0.2) is 0 Å². The van der Waals surface area contributed by atoms with Crippen molar-refractivity contribution in [1.29, 1.82) is 0 Å². The number of rotatable bonds is 4. The molecule has 10 heteroatoms. The summed E-state index contributed by atoms with van der Waals surface area (Å²) in [4.78, 5) is 0.441. The molecule has 158 valence electrons. The molecule has 3 rings (SSSR count). The maximum absolute atomic E-state index is 13.0. The number of hydrogen-bond acceptors (Lipinski definition) is 4. The van der Waals surface area contributed by atoms with Crippen LogP contribution in [-0.2, 0) is 20.0 Å². The molecule has 1 fully saturated rings. The van der Waals surface area contributed by atoms with E-state index in [1.807, 2.05) is 13.8 Å². The fourth-order valence-electron chi connectivity index (χ4n) is 3.20. The van der Waals surface area contributed by atoms with Gasteiger partial charge in [-0.25, -0.2) is 16.8 Å². The molecule has 0 aromatic heterocycles. The molecule has 0 unspecified atom stereocenters. The molecule has 6 nitrogen and oxygen atoms in total. The summed E-state index contributed by atoms with van der Waals surface area (Å²) in [6.45, 7) is 4.46. The van der Waals surface area contributed by atoms with Crippen molar-refractivity contribution in [3.05, 3.63) is 56.5 Å². The van der Waals surface area contributed by atoms with Crippen LogP contribution in [0.15, 0.2) is 55.1 Å². The van der Waals surface area contributed by atoms with Crippen LogP contribution in [0.1, 0.15) is 17.5 Å². The van der Waals surface area contributed by atoms with Gasteiger partial charge in [-0.1, -0.05) is 31.9 Å². The molecule has 0 N–H and O–H groups in total. The van der Waals surface area contributed by atoms with Crippen LogP contribution in [0.3, 0.4) is 0 Å². The second kappa shape index (κ2) is 8.76. The minimum absolute atomic E-state index is 0.117. The molecule has 0 saturated carbocycles. The van der Waals surface area contributed by atoms with Gasteiger partial charge in [0.1, 0.15) is 0 Å². The summed E-state index contributed by atoms with van der Waals surface area (Å²) in [5.41, 5.74) is 1.66. The lowest BCUT2D eigenvalue weighted by Gasteiger charge is -2.22. The fraction of sp³-hybridized carbons (Fsp3) is 0.368. The molecule has 0 radical (unpaired) electrons. The Morgan fingerprint density at radius 1 is 0.690 bits per heavy atom. The Kier molecular flexibility index (Phi) is 6.92. The van der Waals surface area contributed by atoms with Gasteiger partial charge in [-0.3, -0.25) is 0 Å². The van der Waals surface area contributed by atoms with Gasteiger partial charge in [-0.15, -0.1) is 0 Å². The second-order valence-electron chi connectivity index (χ2n) is 6.98. The van der Waals surface area contributed by atoms with Gasteiger partial charge in [0.05, 0.1) is 9.79 Å². The zero-order valence-corrected chi connectivity index (χ0v) is 20.9. The highest BCUT2D eigenvalue weighted by atomic mass is 79.9. The minimum Gasteiger partial charge on any atom is -0.207 e. The van der Waals surface area contributed by atoms with Gasteiger partial charge in [0.25, 0.3) is 0 Å². The molecular weight excluding hydrogens is 544 g/mol. The van der Waals surface area contributed by atoms with Crippen molar-refractivity contribution in [3.8, 4) is 0 Å². The van der Waals surface area contributed by atoms with Crippen LogP contribution >= 0.6 is 31.9 Å². The number of benzene rings is 2. The third-order valence-electron chi connectivity index (χ3n) is 4.95. The molecule has 0 spiro atoms. The number of halogens is 2. The average molecular weight is 566 g/mol. The standard InChI is InChI=1S/C19H22Br2N2O4S2/c1-14-12-16(4-6-18(14)20)28(24,25)22-8-3-9-23(11-10-22)29(26,27)17-5-7-19(21)15(2)13-17/h4-7,12-13H,3,8-11H2,1-2H3. The topological polar surface area (TPSA) is 74.8 Å². The Balaban J connectivity index is 1.82. The number of sulfonamides is 2. The summed E-state index contributed by atoms with van der Waals surface area (Å²) < 4.78 is 56.6. The van der Waals surface area contributed by atoms with Crippen LogP contribution in [0.4, 0.5) is 0 Å². The van der Waals surface area contributed by atoms with Crippen LogP contribution in [-0.4, -0.2) is 51.6 Å². The Morgan fingerprint density at radius 2 is 1.07 bits per heavy atom. The highest BCUT2D eigenvalue weighted by Crippen LogP contribution is 2.26. The molecule has 2 aromatic carbocycles. The SMILES string of the molecule is Cc1cc(S(=O)(=O)N2CCCN(S(=O)(=O)c3ccc(Br)c(C)c3)CC2)ccc1Br. The van der Waals surface area contributed by atoms with Crippen molar-refractivity contribution in [3.63, 3.8) is 0 Å². The van der Waals surface area contributed by atoms with E-state index < -0.39 is 20.0 Å². The summed E-state index contributed by atoms with van der Waals surface area (Å²) in [6.07, 6.45) is 0.434. The van der Waals surface area contributed by atoms with E-state index in [-0.39, 0.29) is 36.0 Å². The third-order valence-corrected chi connectivity index (χ3v) is 10.5. The largest absolute Gasteiger partial charge is 0.243 e. The zero-order valence-electron chi connectivity index (χ0n) is 16.1. The van der Waals surface area contributed by atoms with Crippen molar-refractivity contribution < 1.29 is 16.8 Å². The average Bonchev–Trinajstić information content (AvgIpc) is 2.93. The summed E-state index contributed by atoms with van der Waals surface area (Å²) >= 11 is 6.76. The predicted molar refractivity (Wildman–Crippen MR) is 120 cm³/mol. The van der Waals surface area contributed by atoms with E-state index in [0.29, 0.717) is 6.42 Å². The van der Waals surface area contributed by atoms with Crippen LogP contribution in [0, 0.1) is 13.8 Å². The Hall–Kier alpha value is -0.780. The Labute approximate surface area is 189 Å². The number of hydrogen-bond donors (Lipinski definition) is 0. The van der Waals surface area contributed by atoms with Crippen LogP contribution in [0.5, 0.6) is 0 Å². The summed E-state index contributed by atoms with van der Waals surface area (Å²) in [6, 6.07) is 9.82. The lowest BCUT2D eigenvalue weighted by molar-refractivity contribution is 0.404. The monoisotopic (exact) mass is 564 g/mol. The molecule has 0 amide bonds. The van der Waals surface area contributed by atoms with E-state index in [1.54, 1.807) is 36.4 Å². The van der Waals surface area contributed by atoms with Crippen LogP contribution < -0.4 is 0 Å². The predicted octanol–water partition coefficient (Wildman–Crippen LogP) is 3.91. The van der Waals surface area contributed by atoms with Gasteiger partial charge >= 0.3 is 0 Å². The Morgan fingerprint density at radius 3 is 1.41 bits per heavy atom. The maximum Gasteiger partial charge on any atom is 0.243 e. The van der Waals surface area contributed by atoms with E-state index in [2.05, 4.69) is 31.9 Å². The Bertz CT molecular complexity index is 1050. The molecule has 29 heavy (non-hydrogen) atoms. The van der Waals surface area contributed by atoms with Crippen LogP contribution in [0.2, 0.25) is 0 Å². The molecule has 0 bridgehead atoms. The first-order chi connectivity index (χ1) is 13.5. The fourth-order valence-corrected chi connectivity index (χ4v) is 6.81. The van der Waals surface area contributed by atoms with Gasteiger partial charge < -0.3 is 0 Å². The quantitative estimate of drug-likeness (QED) is 0.563. The molecule has 0 atom stereocenters. The highest BCUT2D eigenvalue weighted by Gasteiger charge is 2.32. The summed E-state index contributed by atoms with van der Waals surface area (Å²) in [7, 11) is -7.37. The first-order valence-electron chi connectivity index (χ1n) is 9.06. The minimum atomic E-state index is -3.69. The van der Waals surface area contributed by atoms with Gasteiger partial charge in [0, 0.05) is 35.1 Å². The van der Waals surface area contributed by atoms with E-state index in [1.165, 1.54) is 8.61 Å². The van der Waals surface area contributed by atoms with E-state index >= 15 is 0 Å². The van der Waals surface area contributed by atoms with Crippen molar-refractivity contribution in [2.45, 2.75) is 30.1 Å². The summed E-state index contributed by atoms with van der Waals surface area (Å²) in [5.74, 6) is 0. The normalized spacial score (nSPS) is 17.2. The summed E-state index contributed by atoms with van der Waals surface area (Å²) in [5, 5.41) is 0. The molecule has 2 aromatic rings. The smallest absolute Gasteiger partial charge is 0.207 e. The van der Waals surface area contributed by atoms with Gasteiger partial charge in [0.2, 0.25) is 20.0 Å². The highest BCUT2D eigenvalue weighted by molar-refractivity contribution is 9.10. The van der Waals surface area contributed by atoms with Gasteiger partial charge in [-0.2, -0.15) is 8.61 Å². The molecule has 1 saturated heterocycles. The number of aryl methyl sites for hydroxylation is 2. The molecular formula is C19H22Br2N2O4S2. The second-order valence-corrected chi connectivity index (χ2v) is 12.6. The molecule has 1 heterocycles. The molecule has 0 aliphatic carbocycles. The van der Waals surface area contributed by atoms with Crippen molar-refractivity contribution in [2.75, 3.05) is 26.2 Å². The zero-order chi connectivity index (χ0) is 21.4. The maximum atomic E-state index is 13.0. The van der Waals surface area contributed by atoms with Crippen molar-refractivity contribution in [1.82, 2.24) is 8.61 Å². The van der Waals surface area contributed by atoms with E-state index in [0.717, 1.165) is 20.1 Å². The third kappa shape index (κ3) is 4.77. The van der Waals surface area contributed by atoms with Crippen molar-refractivity contribution in [2.24, 2.45) is 0 Å². The van der Waals surface area contributed by atoms with Crippen molar-refractivity contribution >= 4 is 51.9 Å². The van der Waals surface area contributed by atoms with E-state index in [4.69, 9.17) is 0 Å². The number of nitrogens with zero attached hydrogens (tertiary/aromatic N) is 2. The molecule has 1 aliphatic heterocycles. The lowest BCUT2D eigenvalue weighted by Crippen LogP contribution is -2.37. The lowest BCUT2D eigenvalue weighted by atomic mass is 10.2. The van der Waals surface area contributed by atoms with Crippen LogP contribution in [0.25, 0.3) is 0 Å².